The molecular formula is C18H17ClN2O5. The number of halogens is 1. The average Bonchev–Trinajstić information content (AvgIpc) is 2.66. The van der Waals surface area contributed by atoms with Gasteiger partial charge in [0, 0.05) is 5.56 Å². The van der Waals surface area contributed by atoms with Crippen LogP contribution in [-0.2, 0) is 4.79 Å². The molecule has 0 fully saturated rings. The molecule has 0 bridgehead atoms. The number of rotatable bonds is 6. The van der Waals surface area contributed by atoms with Crippen LogP contribution in [0.4, 0.5) is 0 Å². The highest BCUT2D eigenvalue weighted by atomic mass is 35.5. The van der Waals surface area contributed by atoms with Crippen molar-refractivity contribution in [1.29, 1.82) is 0 Å². The summed E-state index contributed by atoms with van der Waals surface area (Å²) in [6.45, 7) is 0.733. The van der Waals surface area contributed by atoms with E-state index in [1.54, 1.807) is 43.5 Å². The summed E-state index contributed by atoms with van der Waals surface area (Å²) in [5.41, 5.74) is 3.08. The summed E-state index contributed by atoms with van der Waals surface area (Å²) in [4.78, 5) is 11.8. The van der Waals surface area contributed by atoms with Crippen LogP contribution in [0.2, 0.25) is 5.02 Å². The standard InChI is InChI=1S/C18H17ClN2O5/c1-23-15-8-12(9-16-18(15)25-7-6-24-16)10-20-21-17(22)11-26-14-5-3-2-4-13(14)19/h2-5,8-10H,6-7,11H2,1H3,(H,21,22)/b20-10-. The molecule has 2 aromatic carbocycles. The van der Waals surface area contributed by atoms with E-state index < -0.39 is 5.91 Å². The SMILES string of the molecule is COc1cc(/C=N\NC(=O)COc2ccccc2Cl)cc2c1OCCO2. The predicted octanol–water partition coefficient (Wildman–Crippen LogP) is 2.65. The molecule has 0 unspecified atom stereocenters. The quantitative estimate of drug-likeness (QED) is 0.619. The van der Waals surface area contributed by atoms with Crippen molar-refractivity contribution in [2.75, 3.05) is 26.9 Å². The Kier molecular flexibility index (Phi) is 5.80. The summed E-state index contributed by atoms with van der Waals surface area (Å²) in [5.74, 6) is 1.70. The molecule has 0 spiro atoms. The molecule has 1 N–H and O–H groups in total. The molecule has 1 aliphatic rings. The van der Waals surface area contributed by atoms with Gasteiger partial charge in [0.1, 0.15) is 19.0 Å². The van der Waals surface area contributed by atoms with Gasteiger partial charge in [-0.2, -0.15) is 5.10 Å². The summed E-state index contributed by atoms with van der Waals surface area (Å²) >= 11 is 5.96. The van der Waals surface area contributed by atoms with Crippen LogP contribution in [0.3, 0.4) is 0 Å². The highest BCUT2D eigenvalue weighted by Crippen LogP contribution is 2.39. The van der Waals surface area contributed by atoms with Crippen LogP contribution in [0.15, 0.2) is 41.5 Å². The molecule has 3 rings (SSSR count). The number of fused-ring (bicyclic) bond motifs is 1. The van der Waals surface area contributed by atoms with E-state index in [2.05, 4.69) is 10.5 Å². The van der Waals surface area contributed by atoms with Crippen LogP contribution < -0.4 is 24.4 Å². The Morgan fingerprint density at radius 2 is 2.08 bits per heavy atom. The van der Waals surface area contributed by atoms with Crippen LogP contribution in [0.25, 0.3) is 0 Å². The number of ether oxygens (including phenoxy) is 4. The maximum atomic E-state index is 11.8. The summed E-state index contributed by atoms with van der Waals surface area (Å²) in [6, 6.07) is 10.4. The van der Waals surface area contributed by atoms with Gasteiger partial charge < -0.3 is 18.9 Å². The van der Waals surface area contributed by atoms with E-state index in [4.69, 9.17) is 30.5 Å². The van der Waals surface area contributed by atoms with Gasteiger partial charge in [-0.3, -0.25) is 4.79 Å². The zero-order chi connectivity index (χ0) is 18.4. The van der Waals surface area contributed by atoms with Crippen molar-refractivity contribution >= 4 is 23.7 Å². The Morgan fingerprint density at radius 3 is 2.88 bits per heavy atom. The number of methoxy groups -OCH3 is 1. The van der Waals surface area contributed by atoms with Crippen molar-refractivity contribution in [2.24, 2.45) is 5.10 Å². The second-order valence-corrected chi connectivity index (χ2v) is 5.67. The lowest BCUT2D eigenvalue weighted by Crippen LogP contribution is -2.24. The van der Waals surface area contributed by atoms with E-state index in [0.29, 0.717) is 46.8 Å². The number of para-hydroxylation sites is 1. The second kappa shape index (κ2) is 8.44. The highest BCUT2D eigenvalue weighted by molar-refractivity contribution is 6.32. The first-order chi connectivity index (χ1) is 12.7. The molecule has 1 amide bonds. The number of hydrogen-bond donors (Lipinski definition) is 1. The maximum absolute atomic E-state index is 11.8. The second-order valence-electron chi connectivity index (χ2n) is 5.26. The van der Waals surface area contributed by atoms with Gasteiger partial charge >= 0.3 is 0 Å². The zero-order valence-electron chi connectivity index (χ0n) is 14.0. The Hall–Kier alpha value is -2.93. The Labute approximate surface area is 155 Å². The molecule has 0 atom stereocenters. The van der Waals surface area contributed by atoms with Crippen molar-refractivity contribution in [2.45, 2.75) is 0 Å². The van der Waals surface area contributed by atoms with Crippen molar-refractivity contribution in [3.8, 4) is 23.0 Å². The topological polar surface area (TPSA) is 78.4 Å². The van der Waals surface area contributed by atoms with Gasteiger partial charge in [-0.1, -0.05) is 23.7 Å². The Balaban J connectivity index is 1.58. The predicted molar refractivity (Wildman–Crippen MR) is 96.7 cm³/mol. The van der Waals surface area contributed by atoms with Gasteiger partial charge in [-0.25, -0.2) is 5.43 Å². The number of carbonyl (C=O) groups excluding carboxylic acids is 1. The summed E-state index contributed by atoms with van der Waals surface area (Å²) in [6.07, 6.45) is 1.48. The lowest BCUT2D eigenvalue weighted by molar-refractivity contribution is -0.123. The zero-order valence-corrected chi connectivity index (χ0v) is 14.8. The minimum absolute atomic E-state index is 0.203. The molecule has 1 aliphatic heterocycles. The average molecular weight is 377 g/mol. The Bertz CT molecular complexity index is 808. The van der Waals surface area contributed by atoms with E-state index >= 15 is 0 Å². The summed E-state index contributed by atoms with van der Waals surface area (Å²) in [7, 11) is 1.54. The minimum atomic E-state index is -0.411. The van der Waals surface area contributed by atoms with Crippen LogP contribution in [-0.4, -0.2) is 39.1 Å². The fourth-order valence-corrected chi connectivity index (χ4v) is 2.47. The molecule has 136 valence electrons. The van der Waals surface area contributed by atoms with Crippen molar-refractivity contribution in [1.82, 2.24) is 5.43 Å². The fourth-order valence-electron chi connectivity index (χ4n) is 2.28. The lowest BCUT2D eigenvalue weighted by atomic mass is 10.2. The van der Waals surface area contributed by atoms with E-state index in [-0.39, 0.29) is 6.61 Å². The van der Waals surface area contributed by atoms with E-state index in [0.717, 1.165) is 0 Å². The van der Waals surface area contributed by atoms with Crippen LogP contribution in [0.5, 0.6) is 23.0 Å². The van der Waals surface area contributed by atoms with Crippen LogP contribution in [0.1, 0.15) is 5.56 Å². The molecule has 8 heteroatoms. The van der Waals surface area contributed by atoms with E-state index in [1.165, 1.54) is 6.21 Å². The molecule has 0 aromatic heterocycles. The van der Waals surface area contributed by atoms with Crippen LogP contribution in [0, 0.1) is 0 Å². The first-order valence-corrected chi connectivity index (χ1v) is 8.22. The molecule has 0 radical (unpaired) electrons. The first-order valence-electron chi connectivity index (χ1n) is 7.84. The van der Waals surface area contributed by atoms with E-state index in [9.17, 15) is 4.79 Å². The van der Waals surface area contributed by atoms with Gasteiger partial charge in [-0.05, 0) is 24.3 Å². The third-order valence-electron chi connectivity index (χ3n) is 3.45. The monoisotopic (exact) mass is 376 g/mol. The molecule has 0 aliphatic carbocycles. The number of hydrazone groups is 1. The fraction of sp³-hybridized carbons (Fsp3) is 0.222. The van der Waals surface area contributed by atoms with E-state index in [1.807, 2.05) is 0 Å². The number of carbonyl (C=O) groups is 1. The van der Waals surface area contributed by atoms with Gasteiger partial charge in [-0.15, -0.1) is 0 Å². The van der Waals surface area contributed by atoms with Crippen molar-refractivity contribution in [3.63, 3.8) is 0 Å². The third-order valence-corrected chi connectivity index (χ3v) is 3.76. The first kappa shape index (κ1) is 17.9. The summed E-state index contributed by atoms with van der Waals surface area (Å²) < 4.78 is 21.7. The number of nitrogens with one attached hydrogen (secondary N) is 1. The van der Waals surface area contributed by atoms with Gasteiger partial charge in [0.15, 0.2) is 18.1 Å². The number of amides is 1. The van der Waals surface area contributed by atoms with Gasteiger partial charge in [0.25, 0.3) is 5.91 Å². The highest BCUT2D eigenvalue weighted by Gasteiger charge is 2.17. The van der Waals surface area contributed by atoms with Crippen molar-refractivity contribution < 1.29 is 23.7 Å². The summed E-state index contributed by atoms with van der Waals surface area (Å²) in [5, 5.41) is 4.35. The van der Waals surface area contributed by atoms with Crippen molar-refractivity contribution in [3.05, 3.63) is 47.0 Å². The minimum Gasteiger partial charge on any atom is -0.493 e. The number of nitrogens with zero attached hydrogens (tertiary/aromatic N) is 1. The van der Waals surface area contributed by atoms with Crippen LogP contribution >= 0.6 is 11.6 Å². The lowest BCUT2D eigenvalue weighted by Gasteiger charge is -2.20. The Morgan fingerprint density at radius 1 is 1.27 bits per heavy atom. The molecule has 0 saturated heterocycles. The molecule has 1 heterocycles. The molecule has 2 aromatic rings. The molecule has 7 nitrogen and oxygen atoms in total. The third kappa shape index (κ3) is 4.37. The van der Waals surface area contributed by atoms with Gasteiger partial charge in [0.2, 0.25) is 5.75 Å². The molecular weight excluding hydrogens is 360 g/mol. The number of hydrogen-bond acceptors (Lipinski definition) is 6. The number of benzene rings is 2. The van der Waals surface area contributed by atoms with Gasteiger partial charge in [0.05, 0.1) is 18.3 Å². The largest absolute Gasteiger partial charge is 0.493 e. The maximum Gasteiger partial charge on any atom is 0.277 e. The normalized spacial score (nSPS) is 12.7. The molecule has 26 heavy (non-hydrogen) atoms. The molecule has 0 saturated carbocycles. The smallest absolute Gasteiger partial charge is 0.277 e.